The van der Waals surface area contributed by atoms with E-state index in [1.165, 1.54) is 5.56 Å². The van der Waals surface area contributed by atoms with E-state index in [0.717, 1.165) is 10.9 Å². The minimum absolute atomic E-state index is 0.112. The molecule has 0 aliphatic rings. The summed E-state index contributed by atoms with van der Waals surface area (Å²) in [5.74, 6) is 0.370. The third-order valence-electron chi connectivity index (χ3n) is 3.98. The summed E-state index contributed by atoms with van der Waals surface area (Å²) in [5, 5.41) is 4.87. The lowest BCUT2D eigenvalue weighted by Crippen LogP contribution is -2.18. The molecule has 124 valence electrons. The maximum atomic E-state index is 12.3. The SMILES string of the molecule is CC(C)c1ccc2c(ccn2CC(=O)Nc2ccc(Cl)c(Cl)c2)c1. The number of carbonyl (C=O) groups excluding carboxylic acids is 1. The lowest BCUT2D eigenvalue weighted by atomic mass is 10.0. The zero-order chi connectivity index (χ0) is 17.3. The van der Waals surface area contributed by atoms with Crippen LogP contribution in [0.4, 0.5) is 5.69 Å². The van der Waals surface area contributed by atoms with Crippen LogP contribution in [-0.4, -0.2) is 10.5 Å². The molecule has 0 fully saturated rings. The van der Waals surface area contributed by atoms with Gasteiger partial charge in [0.15, 0.2) is 0 Å². The molecule has 2 aromatic carbocycles. The van der Waals surface area contributed by atoms with E-state index in [0.29, 0.717) is 21.7 Å². The largest absolute Gasteiger partial charge is 0.338 e. The van der Waals surface area contributed by atoms with E-state index < -0.39 is 0 Å². The van der Waals surface area contributed by atoms with E-state index in [-0.39, 0.29) is 12.5 Å². The summed E-state index contributed by atoms with van der Waals surface area (Å²) < 4.78 is 1.94. The van der Waals surface area contributed by atoms with E-state index >= 15 is 0 Å². The van der Waals surface area contributed by atoms with E-state index in [4.69, 9.17) is 23.2 Å². The molecule has 1 N–H and O–H groups in total. The van der Waals surface area contributed by atoms with Crippen molar-refractivity contribution in [1.29, 1.82) is 0 Å². The summed E-state index contributed by atoms with van der Waals surface area (Å²) >= 11 is 11.9. The molecule has 24 heavy (non-hydrogen) atoms. The Morgan fingerprint density at radius 2 is 1.88 bits per heavy atom. The zero-order valence-corrected chi connectivity index (χ0v) is 15.0. The van der Waals surface area contributed by atoms with Crippen molar-refractivity contribution in [1.82, 2.24) is 4.57 Å². The highest BCUT2D eigenvalue weighted by Crippen LogP contribution is 2.25. The lowest BCUT2D eigenvalue weighted by molar-refractivity contribution is -0.116. The first-order valence-corrected chi connectivity index (χ1v) is 8.53. The van der Waals surface area contributed by atoms with E-state index in [1.807, 2.05) is 16.8 Å². The van der Waals surface area contributed by atoms with Crippen molar-refractivity contribution < 1.29 is 4.79 Å². The Kier molecular flexibility index (Phi) is 4.83. The smallest absolute Gasteiger partial charge is 0.244 e. The molecule has 1 amide bonds. The van der Waals surface area contributed by atoms with Crippen LogP contribution in [-0.2, 0) is 11.3 Å². The maximum absolute atomic E-state index is 12.3. The molecular weight excluding hydrogens is 343 g/mol. The number of amides is 1. The van der Waals surface area contributed by atoms with Gasteiger partial charge in [0.2, 0.25) is 5.91 Å². The van der Waals surface area contributed by atoms with Crippen LogP contribution in [0.15, 0.2) is 48.7 Å². The number of hydrogen-bond acceptors (Lipinski definition) is 1. The van der Waals surface area contributed by atoms with Crippen LogP contribution >= 0.6 is 23.2 Å². The predicted molar refractivity (Wildman–Crippen MR) is 101 cm³/mol. The fourth-order valence-electron chi connectivity index (χ4n) is 2.64. The molecule has 0 radical (unpaired) electrons. The molecule has 5 heteroatoms. The number of rotatable bonds is 4. The van der Waals surface area contributed by atoms with Gasteiger partial charge in [-0.05, 0) is 53.3 Å². The average molecular weight is 361 g/mol. The fraction of sp³-hybridized carbons (Fsp3) is 0.211. The molecule has 0 bridgehead atoms. The van der Waals surface area contributed by atoms with Crippen LogP contribution in [0.25, 0.3) is 10.9 Å². The van der Waals surface area contributed by atoms with Gasteiger partial charge in [0, 0.05) is 17.4 Å². The first-order chi connectivity index (χ1) is 11.4. The van der Waals surface area contributed by atoms with E-state index in [9.17, 15) is 4.79 Å². The summed E-state index contributed by atoms with van der Waals surface area (Å²) in [7, 11) is 0. The molecule has 0 unspecified atom stereocenters. The van der Waals surface area contributed by atoms with Crippen LogP contribution in [0, 0.1) is 0 Å². The number of hydrogen-bond donors (Lipinski definition) is 1. The topological polar surface area (TPSA) is 34.0 Å². The van der Waals surface area contributed by atoms with Crippen molar-refractivity contribution in [3.63, 3.8) is 0 Å². The summed E-state index contributed by atoms with van der Waals surface area (Å²) in [6.45, 7) is 4.58. The van der Waals surface area contributed by atoms with Crippen molar-refractivity contribution in [3.8, 4) is 0 Å². The van der Waals surface area contributed by atoms with Crippen molar-refractivity contribution in [2.24, 2.45) is 0 Å². The molecule has 0 saturated heterocycles. The monoisotopic (exact) mass is 360 g/mol. The highest BCUT2D eigenvalue weighted by atomic mass is 35.5. The number of carbonyl (C=O) groups is 1. The van der Waals surface area contributed by atoms with Gasteiger partial charge < -0.3 is 9.88 Å². The predicted octanol–water partition coefficient (Wildman–Crippen LogP) is 5.71. The summed E-state index contributed by atoms with van der Waals surface area (Å²) in [6.07, 6.45) is 1.93. The molecular formula is C19H18Cl2N2O. The number of aromatic nitrogens is 1. The van der Waals surface area contributed by atoms with E-state index in [2.05, 4.69) is 37.4 Å². The molecule has 0 saturated carbocycles. The van der Waals surface area contributed by atoms with Crippen molar-refractivity contribution >= 4 is 45.7 Å². The third kappa shape index (κ3) is 3.58. The zero-order valence-electron chi connectivity index (χ0n) is 13.5. The summed E-state index contributed by atoms with van der Waals surface area (Å²) in [6, 6.07) is 13.4. The standard InChI is InChI=1S/C19H18Cl2N2O/c1-12(2)13-3-6-18-14(9-13)7-8-23(18)11-19(24)22-15-4-5-16(20)17(21)10-15/h3-10,12H,11H2,1-2H3,(H,22,24). The Balaban J connectivity index is 1.76. The van der Waals surface area contributed by atoms with Crippen molar-refractivity contribution in [3.05, 3.63) is 64.3 Å². The van der Waals surface area contributed by atoms with Gasteiger partial charge in [0.25, 0.3) is 0 Å². The van der Waals surface area contributed by atoms with Gasteiger partial charge in [-0.1, -0.05) is 43.1 Å². The van der Waals surface area contributed by atoms with Crippen LogP contribution < -0.4 is 5.32 Å². The van der Waals surface area contributed by atoms with E-state index in [1.54, 1.807) is 18.2 Å². The van der Waals surface area contributed by atoms with Gasteiger partial charge in [-0.25, -0.2) is 0 Å². The van der Waals surface area contributed by atoms with Gasteiger partial charge in [0.05, 0.1) is 10.0 Å². The van der Waals surface area contributed by atoms with Crippen molar-refractivity contribution in [2.75, 3.05) is 5.32 Å². The fourth-order valence-corrected chi connectivity index (χ4v) is 2.94. The Hall–Kier alpha value is -1.97. The maximum Gasteiger partial charge on any atom is 0.244 e. The quantitative estimate of drug-likeness (QED) is 0.634. The molecule has 1 heterocycles. The van der Waals surface area contributed by atoms with Gasteiger partial charge in [0.1, 0.15) is 6.54 Å². The number of halogens is 2. The normalized spacial score (nSPS) is 11.2. The molecule has 0 atom stereocenters. The average Bonchev–Trinajstić information content (AvgIpc) is 2.93. The highest BCUT2D eigenvalue weighted by molar-refractivity contribution is 6.42. The molecule has 3 nitrogen and oxygen atoms in total. The van der Waals surface area contributed by atoms with Crippen LogP contribution in [0.3, 0.4) is 0 Å². The van der Waals surface area contributed by atoms with Crippen LogP contribution in [0.2, 0.25) is 10.0 Å². The Morgan fingerprint density at radius 3 is 2.58 bits per heavy atom. The highest BCUT2D eigenvalue weighted by Gasteiger charge is 2.09. The second-order valence-electron chi connectivity index (χ2n) is 6.09. The first kappa shape index (κ1) is 16.9. The number of fused-ring (bicyclic) bond motifs is 1. The molecule has 3 rings (SSSR count). The summed E-state index contributed by atoms with van der Waals surface area (Å²) in [4.78, 5) is 12.3. The molecule has 0 spiro atoms. The van der Waals surface area contributed by atoms with Gasteiger partial charge >= 0.3 is 0 Å². The second-order valence-corrected chi connectivity index (χ2v) is 6.91. The first-order valence-electron chi connectivity index (χ1n) is 7.78. The number of nitrogens with one attached hydrogen (secondary N) is 1. The second kappa shape index (κ2) is 6.88. The van der Waals surface area contributed by atoms with Gasteiger partial charge in [-0.2, -0.15) is 0 Å². The molecule has 0 aliphatic carbocycles. The van der Waals surface area contributed by atoms with Crippen molar-refractivity contribution in [2.45, 2.75) is 26.3 Å². The number of nitrogens with zero attached hydrogens (tertiary/aromatic N) is 1. The minimum Gasteiger partial charge on any atom is -0.338 e. The summed E-state index contributed by atoms with van der Waals surface area (Å²) in [5.41, 5.74) is 2.97. The Labute approximate surface area is 151 Å². The Morgan fingerprint density at radius 1 is 1.08 bits per heavy atom. The van der Waals surface area contributed by atoms with Crippen LogP contribution in [0.1, 0.15) is 25.3 Å². The van der Waals surface area contributed by atoms with Crippen LogP contribution in [0.5, 0.6) is 0 Å². The number of anilines is 1. The molecule has 3 aromatic rings. The molecule has 0 aliphatic heterocycles. The Bertz CT molecular complexity index is 900. The molecule has 1 aromatic heterocycles. The minimum atomic E-state index is -0.112. The number of benzene rings is 2. The van der Waals surface area contributed by atoms with Gasteiger partial charge in [-0.15, -0.1) is 0 Å². The third-order valence-corrected chi connectivity index (χ3v) is 4.72. The van der Waals surface area contributed by atoms with Gasteiger partial charge in [-0.3, -0.25) is 4.79 Å². The lowest BCUT2D eigenvalue weighted by Gasteiger charge is -2.09.